The minimum Gasteiger partial charge on any atom is -0.344 e. The molecule has 7 aromatic rings. The van der Waals surface area contributed by atoms with Crippen molar-refractivity contribution in [2.45, 2.75) is 0 Å². The average Bonchev–Trinajstić information content (AvgIpc) is 2.86. The fraction of sp³-hybridized carbons (Fsp3) is 0.0323. The first-order chi connectivity index (χ1) is 15.8. The maximum absolute atomic E-state index is 2.32. The standard InChI is InChI=1S/C31H21N/c1-32(23-16-15-20-7-2-3-8-22(20)19-23)29-18-17-27-25-12-5-10-21-9-4-11-24(30(21)25)26-13-6-14-28(29)31(26)27/h2-19H,1H3. The van der Waals surface area contributed by atoms with Gasteiger partial charge in [0.2, 0.25) is 0 Å². The third-order valence-corrected chi connectivity index (χ3v) is 6.98. The van der Waals surface area contributed by atoms with Gasteiger partial charge in [0, 0.05) is 23.8 Å². The van der Waals surface area contributed by atoms with Gasteiger partial charge in [-0.3, -0.25) is 0 Å². The fourth-order valence-electron chi connectivity index (χ4n) is 5.45. The molecule has 1 nitrogen and oxygen atoms in total. The van der Waals surface area contributed by atoms with Crippen LogP contribution < -0.4 is 4.90 Å². The molecular weight excluding hydrogens is 386 g/mol. The second kappa shape index (κ2) is 6.45. The van der Waals surface area contributed by atoms with Crippen molar-refractivity contribution >= 4 is 65.2 Å². The van der Waals surface area contributed by atoms with Gasteiger partial charge in [-0.1, -0.05) is 91.0 Å². The van der Waals surface area contributed by atoms with Crippen molar-refractivity contribution in [3.05, 3.63) is 109 Å². The Morgan fingerprint density at radius 3 is 1.81 bits per heavy atom. The van der Waals surface area contributed by atoms with Gasteiger partial charge in [0.05, 0.1) is 0 Å². The maximum Gasteiger partial charge on any atom is 0.0488 e. The topological polar surface area (TPSA) is 3.24 Å². The Labute approximate surface area is 186 Å². The highest BCUT2D eigenvalue weighted by atomic mass is 15.1. The van der Waals surface area contributed by atoms with Gasteiger partial charge in [0.1, 0.15) is 0 Å². The number of benzene rings is 7. The molecule has 0 aliphatic rings. The zero-order valence-corrected chi connectivity index (χ0v) is 17.8. The zero-order valence-electron chi connectivity index (χ0n) is 17.8. The average molecular weight is 408 g/mol. The van der Waals surface area contributed by atoms with Crippen LogP contribution in [0.1, 0.15) is 0 Å². The Morgan fingerprint density at radius 2 is 1.03 bits per heavy atom. The van der Waals surface area contributed by atoms with Gasteiger partial charge < -0.3 is 4.90 Å². The van der Waals surface area contributed by atoms with Crippen LogP contribution in [0, 0.1) is 0 Å². The minimum absolute atomic E-state index is 1.20. The van der Waals surface area contributed by atoms with E-state index >= 15 is 0 Å². The van der Waals surface area contributed by atoms with Crippen LogP contribution >= 0.6 is 0 Å². The Bertz CT molecular complexity index is 1740. The Hall–Kier alpha value is -4.10. The number of fused-ring (bicyclic) bond motifs is 3. The third-order valence-electron chi connectivity index (χ3n) is 6.98. The number of anilines is 2. The van der Waals surface area contributed by atoms with E-state index in [0.29, 0.717) is 0 Å². The summed E-state index contributed by atoms with van der Waals surface area (Å²) in [5.41, 5.74) is 2.43. The van der Waals surface area contributed by atoms with Crippen LogP contribution in [0.2, 0.25) is 0 Å². The van der Waals surface area contributed by atoms with Gasteiger partial charge >= 0.3 is 0 Å². The molecule has 0 amide bonds. The Kier molecular flexibility index (Phi) is 3.54. The van der Waals surface area contributed by atoms with Crippen molar-refractivity contribution in [1.29, 1.82) is 0 Å². The number of rotatable bonds is 2. The van der Waals surface area contributed by atoms with Crippen LogP contribution in [0.4, 0.5) is 11.4 Å². The lowest BCUT2D eigenvalue weighted by Gasteiger charge is -2.24. The van der Waals surface area contributed by atoms with Gasteiger partial charge in [-0.15, -0.1) is 0 Å². The molecule has 32 heavy (non-hydrogen) atoms. The van der Waals surface area contributed by atoms with Crippen LogP contribution in [0.15, 0.2) is 109 Å². The second-order valence-electron chi connectivity index (χ2n) is 8.66. The highest BCUT2D eigenvalue weighted by Crippen LogP contribution is 2.43. The van der Waals surface area contributed by atoms with Crippen LogP contribution in [0.25, 0.3) is 53.9 Å². The summed E-state index contributed by atoms with van der Waals surface area (Å²) in [7, 11) is 2.17. The van der Waals surface area contributed by atoms with Crippen LogP contribution in [-0.4, -0.2) is 7.05 Å². The molecule has 0 radical (unpaired) electrons. The number of hydrogen-bond donors (Lipinski definition) is 0. The first-order valence-corrected chi connectivity index (χ1v) is 11.1. The quantitative estimate of drug-likeness (QED) is 0.205. The van der Waals surface area contributed by atoms with Crippen molar-refractivity contribution < 1.29 is 0 Å². The molecule has 1 heteroatoms. The van der Waals surface area contributed by atoms with E-state index in [4.69, 9.17) is 0 Å². The largest absolute Gasteiger partial charge is 0.344 e. The third kappa shape index (κ3) is 2.34. The molecule has 0 atom stereocenters. The van der Waals surface area contributed by atoms with E-state index in [0.717, 1.165) is 0 Å². The summed E-state index contributed by atoms with van der Waals surface area (Å²) < 4.78 is 0. The van der Waals surface area contributed by atoms with E-state index in [-0.39, 0.29) is 0 Å². The molecule has 0 fully saturated rings. The van der Waals surface area contributed by atoms with Crippen molar-refractivity contribution in [1.82, 2.24) is 0 Å². The summed E-state index contributed by atoms with van der Waals surface area (Å²) in [5, 5.41) is 13.2. The van der Waals surface area contributed by atoms with Crippen molar-refractivity contribution in [2.24, 2.45) is 0 Å². The Morgan fingerprint density at radius 1 is 0.438 bits per heavy atom. The summed E-state index contributed by atoms with van der Waals surface area (Å²) in [5.74, 6) is 0. The highest BCUT2D eigenvalue weighted by molar-refractivity contribution is 6.34. The number of nitrogens with zero attached hydrogens (tertiary/aromatic N) is 1. The smallest absolute Gasteiger partial charge is 0.0488 e. The lowest BCUT2D eigenvalue weighted by atomic mass is 9.89. The van der Waals surface area contributed by atoms with Gasteiger partial charge in [0.15, 0.2) is 0 Å². The van der Waals surface area contributed by atoms with Gasteiger partial charge in [-0.2, -0.15) is 0 Å². The van der Waals surface area contributed by atoms with Gasteiger partial charge in [0.25, 0.3) is 0 Å². The lowest BCUT2D eigenvalue weighted by molar-refractivity contribution is 1.23. The van der Waals surface area contributed by atoms with E-state index in [9.17, 15) is 0 Å². The summed E-state index contributed by atoms with van der Waals surface area (Å²) in [4.78, 5) is 2.32. The molecule has 0 spiro atoms. The molecule has 0 heterocycles. The zero-order chi connectivity index (χ0) is 21.2. The normalized spacial score (nSPS) is 11.9. The molecule has 0 aliphatic carbocycles. The molecule has 0 unspecified atom stereocenters. The molecule has 0 saturated heterocycles. The molecule has 0 aliphatic heterocycles. The summed E-state index contributed by atoms with van der Waals surface area (Å²) >= 11 is 0. The predicted octanol–water partition coefficient (Wildman–Crippen LogP) is 8.66. The molecule has 0 bridgehead atoms. The van der Waals surface area contributed by atoms with Crippen LogP contribution in [0.3, 0.4) is 0 Å². The van der Waals surface area contributed by atoms with Crippen molar-refractivity contribution in [2.75, 3.05) is 11.9 Å². The first-order valence-electron chi connectivity index (χ1n) is 11.1. The number of hydrogen-bond acceptors (Lipinski definition) is 1. The molecule has 0 N–H and O–H groups in total. The molecule has 0 aromatic heterocycles. The second-order valence-corrected chi connectivity index (χ2v) is 8.66. The monoisotopic (exact) mass is 407 g/mol. The molecule has 7 aromatic carbocycles. The molecule has 7 rings (SSSR count). The molecular formula is C31H21N. The van der Waals surface area contributed by atoms with E-state index in [1.807, 2.05) is 0 Å². The minimum atomic E-state index is 1.20. The first kappa shape index (κ1) is 17.6. The highest BCUT2D eigenvalue weighted by Gasteiger charge is 2.16. The van der Waals surface area contributed by atoms with Crippen LogP contribution in [-0.2, 0) is 0 Å². The van der Waals surface area contributed by atoms with E-state index < -0.39 is 0 Å². The van der Waals surface area contributed by atoms with E-state index in [2.05, 4.69) is 121 Å². The summed E-state index contributed by atoms with van der Waals surface area (Å²) in [6, 6.07) is 39.9. The molecule has 150 valence electrons. The molecule has 0 saturated carbocycles. The lowest BCUT2D eigenvalue weighted by Crippen LogP contribution is -2.10. The van der Waals surface area contributed by atoms with Crippen molar-refractivity contribution in [3.8, 4) is 0 Å². The van der Waals surface area contributed by atoms with Gasteiger partial charge in [-0.25, -0.2) is 0 Å². The maximum atomic E-state index is 2.32. The summed E-state index contributed by atoms with van der Waals surface area (Å²) in [6.07, 6.45) is 0. The fourth-order valence-corrected chi connectivity index (χ4v) is 5.45. The van der Waals surface area contributed by atoms with Crippen molar-refractivity contribution in [3.63, 3.8) is 0 Å². The Balaban J connectivity index is 1.55. The van der Waals surface area contributed by atoms with Gasteiger partial charge in [-0.05, 0) is 66.7 Å². The predicted molar refractivity (Wildman–Crippen MR) is 140 cm³/mol. The van der Waals surface area contributed by atoms with E-state index in [1.54, 1.807) is 0 Å². The summed E-state index contributed by atoms with van der Waals surface area (Å²) in [6.45, 7) is 0. The van der Waals surface area contributed by atoms with E-state index in [1.165, 1.54) is 65.2 Å². The SMILES string of the molecule is CN(c1ccc2ccccc2c1)c1ccc2c3cccc4cccc(c5cccc1c52)c43. The van der Waals surface area contributed by atoms with Crippen LogP contribution in [0.5, 0.6) is 0 Å².